The summed E-state index contributed by atoms with van der Waals surface area (Å²) in [6, 6.07) is 17.3. The third-order valence-electron chi connectivity index (χ3n) is 4.40. The van der Waals surface area contributed by atoms with Crippen LogP contribution in [0.25, 0.3) is 0 Å². The van der Waals surface area contributed by atoms with Gasteiger partial charge in [-0.1, -0.05) is 42.0 Å². The number of hydrogen-bond donors (Lipinski definition) is 0. The van der Waals surface area contributed by atoms with E-state index in [-0.39, 0.29) is 0 Å². The molecule has 0 atom stereocenters. The molecule has 0 N–H and O–H groups in total. The first-order valence-electron chi connectivity index (χ1n) is 8.51. The molecule has 1 saturated heterocycles. The molecule has 1 aliphatic rings. The number of ether oxygens (including phenoxy) is 1. The van der Waals surface area contributed by atoms with Gasteiger partial charge in [0.25, 0.3) is 0 Å². The van der Waals surface area contributed by atoms with Crippen molar-refractivity contribution in [2.75, 3.05) is 37.7 Å². The molecule has 0 amide bonds. The summed E-state index contributed by atoms with van der Waals surface area (Å²) in [5, 5.41) is 0. The Morgan fingerprint density at radius 1 is 0.913 bits per heavy atom. The highest BCUT2D eigenvalue weighted by Crippen LogP contribution is 2.29. The van der Waals surface area contributed by atoms with Crippen LogP contribution in [-0.4, -0.2) is 37.7 Å². The maximum atomic E-state index is 5.77. The van der Waals surface area contributed by atoms with Gasteiger partial charge in [0.2, 0.25) is 0 Å². The molecular formula is C20H26N2O. The Kier molecular flexibility index (Phi) is 5.19. The van der Waals surface area contributed by atoms with Gasteiger partial charge in [0, 0.05) is 32.7 Å². The van der Waals surface area contributed by atoms with Gasteiger partial charge in [-0.3, -0.25) is 4.90 Å². The van der Waals surface area contributed by atoms with Crippen LogP contribution in [0.3, 0.4) is 0 Å². The third-order valence-corrected chi connectivity index (χ3v) is 4.40. The Morgan fingerprint density at radius 2 is 1.61 bits per heavy atom. The smallest absolute Gasteiger partial charge is 0.142 e. The lowest BCUT2D eigenvalue weighted by molar-refractivity contribution is 0.248. The highest BCUT2D eigenvalue weighted by Gasteiger charge is 2.19. The van der Waals surface area contributed by atoms with Crippen molar-refractivity contribution in [1.82, 2.24) is 4.90 Å². The number of piperazine rings is 1. The first kappa shape index (κ1) is 15.9. The fraction of sp³-hybridized carbons (Fsp3) is 0.400. The monoisotopic (exact) mass is 310 g/mol. The molecule has 0 bridgehead atoms. The fourth-order valence-electron chi connectivity index (χ4n) is 3.09. The quantitative estimate of drug-likeness (QED) is 0.837. The van der Waals surface area contributed by atoms with Crippen molar-refractivity contribution in [1.29, 1.82) is 0 Å². The zero-order chi connectivity index (χ0) is 16.1. The van der Waals surface area contributed by atoms with Crippen LogP contribution < -0.4 is 9.64 Å². The van der Waals surface area contributed by atoms with Crippen LogP contribution in [0, 0.1) is 6.92 Å². The van der Waals surface area contributed by atoms with E-state index in [1.54, 1.807) is 0 Å². The number of anilines is 1. The molecule has 0 unspecified atom stereocenters. The van der Waals surface area contributed by atoms with Gasteiger partial charge < -0.3 is 9.64 Å². The van der Waals surface area contributed by atoms with Crippen molar-refractivity contribution in [2.45, 2.75) is 20.4 Å². The minimum atomic E-state index is 0.713. The normalized spacial score (nSPS) is 15.7. The molecular weight excluding hydrogens is 284 g/mol. The first-order valence-corrected chi connectivity index (χ1v) is 8.51. The lowest BCUT2D eigenvalue weighted by atomic mass is 10.1. The molecule has 0 spiro atoms. The number of rotatable bonds is 5. The van der Waals surface area contributed by atoms with E-state index >= 15 is 0 Å². The second kappa shape index (κ2) is 7.51. The third kappa shape index (κ3) is 4.05. The van der Waals surface area contributed by atoms with E-state index in [0.29, 0.717) is 6.61 Å². The predicted molar refractivity (Wildman–Crippen MR) is 96.3 cm³/mol. The molecule has 0 radical (unpaired) electrons. The molecule has 1 aliphatic heterocycles. The van der Waals surface area contributed by atoms with Gasteiger partial charge in [0.05, 0.1) is 12.3 Å². The Balaban J connectivity index is 1.59. The van der Waals surface area contributed by atoms with Crippen molar-refractivity contribution in [3.05, 3.63) is 59.7 Å². The minimum absolute atomic E-state index is 0.713. The van der Waals surface area contributed by atoms with Gasteiger partial charge in [0.1, 0.15) is 5.75 Å². The molecule has 1 heterocycles. The predicted octanol–water partition coefficient (Wildman–Crippen LogP) is 3.72. The van der Waals surface area contributed by atoms with Gasteiger partial charge in [-0.2, -0.15) is 0 Å². The average molecular weight is 310 g/mol. The summed E-state index contributed by atoms with van der Waals surface area (Å²) < 4.78 is 5.77. The van der Waals surface area contributed by atoms with E-state index in [2.05, 4.69) is 59.2 Å². The van der Waals surface area contributed by atoms with Crippen LogP contribution in [0.2, 0.25) is 0 Å². The Hall–Kier alpha value is -2.00. The molecule has 0 saturated carbocycles. The van der Waals surface area contributed by atoms with Crippen LogP contribution >= 0.6 is 0 Å². The van der Waals surface area contributed by atoms with Crippen molar-refractivity contribution in [3.63, 3.8) is 0 Å². The van der Waals surface area contributed by atoms with E-state index in [1.165, 1.54) is 16.8 Å². The van der Waals surface area contributed by atoms with Gasteiger partial charge >= 0.3 is 0 Å². The summed E-state index contributed by atoms with van der Waals surface area (Å²) >= 11 is 0. The summed E-state index contributed by atoms with van der Waals surface area (Å²) in [6.45, 7) is 10.2. The lowest BCUT2D eigenvalue weighted by Gasteiger charge is -2.36. The van der Waals surface area contributed by atoms with Crippen LogP contribution in [0.15, 0.2) is 48.5 Å². The van der Waals surface area contributed by atoms with Crippen molar-refractivity contribution in [3.8, 4) is 5.75 Å². The Morgan fingerprint density at radius 3 is 2.30 bits per heavy atom. The molecule has 0 aromatic heterocycles. The summed E-state index contributed by atoms with van der Waals surface area (Å²) in [5.41, 5.74) is 3.95. The zero-order valence-electron chi connectivity index (χ0n) is 14.2. The van der Waals surface area contributed by atoms with Crippen LogP contribution in [0.4, 0.5) is 5.69 Å². The average Bonchev–Trinajstić information content (AvgIpc) is 2.59. The topological polar surface area (TPSA) is 15.7 Å². The van der Waals surface area contributed by atoms with Crippen LogP contribution in [-0.2, 0) is 6.54 Å². The molecule has 2 aromatic rings. The van der Waals surface area contributed by atoms with Crippen LogP contribution in [0.5, 0.6) is 5.75 Å². The number of benzene rings is 2. The van der Waals surface area contributed by atoms with Gasteiger partial charge in [-0.05, 0) is 31.5 Å². The number of aryl methyl sites for hydroxylation is 1. The number of nitrogens with zero attached hydrogens (tertiary/aromatic N) is 2. The Labute approximate surface area is 139 Å². The number of para-hydroxylation sites is 2. The van der Waals surface area contributed by atoms with Crippen molar-refractivity contribution in [2.24, 2.45) is 0 Å². The van der Waals surface area contributed by atoms with Crippen molar-refractivity contribution < 1.29 is 4.74 Å². The minimum Gasteiger partial charge on any atom is -0.492 e. The second-order valence-corrected chi connectivity index (χ2v) is 6.15. The second-order valence-electron chi connectivity index (χ2n) is 6.15. The maximum absolute atomic E-state index is 5.77. The molecule has 2 aromatic carbocycles. The van der Waals surface area contributed by atoms with E-state index in [1.807, 2.05) is 13.0 Å². The van der Waals surface area contributed by atoms with E-state index in [0.717, 1.165) is 38.5 Å². The largest absolute Gasteiger partial charge is 0.492 e. The SMILES string of the molecule is CCOc1ccccc1N1CCN(Cc2ccc(C)cc2)CC1. The standard InChI is InChI=1S/C20H26N2O/c1-3-23-20-7-5-4-6-19(20)22-14-12-21(13-15-22)16-18-10-8-17(2)9-11-18/h4-11H,3,12-16H2,1-2H3. The van der Waals surface area contributed by atoms with Crippen LogP contribution in [0.1, 0.15) is 18.1 Å². The maximum Gasteiger partial charge on any atom is 0.142 e. The molecule has 3 rings (SSSR count). The summed E-state index contributed by atoms with van der Waals surface area (Å²) in [4.78, 5) is 4.97. The molecule has 3 heteroatoms. The molecule has 1 fully saturated rings. The zero-order valence-corrected chi connectivity index (χ0v) is 14.2. The number of hydrogen-bond acceptors (Lipinski definition) is 3. The molecule has 122 valence electrons. The molecule has 23 heavy (non-hydrogen) atoms. The van der Waals surface area contributed by atoms with Gasteiger partial charge in [0.15, 0.2) is 0 Å². The molecule has 0 aliphatic carbocycles. The fourth-order valence-corrected chi connectivity index (χ4v) is 3.09. The highest BCUT2D eigenvalue weighted by molar-refractivity contribution is 5.58. The van der Waals surface area contributed by atoms with Gasteiger partial charge in [-0.25, -0.2) is 0 Å². The first-order chi connectivity index (χ1) is 11.3. The van der Waals surface area contributed by atoms with E-state index < -0.39 is 0 Å². The lowest BCUT2D eigenvalue weighted by Crippen LogP contribution is -2.46. The van der Waals surface area contributed by atoms with Crippen molar-refractivity contribution >= 4 is 5.69 Å². The van der Waals surface area contributed by atoms with E-state index in [4.69, 9.17) is 4.74 Å². The highest BCUT2D eigenvalue weighted by atomic mass is 16.5. The Bertz CT molecular complexity index is 616. The van der Waals surface area contributed by atoms with E-state index in [9.17, 15) is 0 Å². The summed E-state index contributed by atoms with van der Waals surface area (Å²) in [5.74, 6) is 1.00. The summed E-state index contributed by atoms with van der Waals surface area (Å²) in [6.07, 6.45) is 0. The van der Waals surface area contributed by atoms with Gasteiger partial charge in [-0.15, -0.1) is 0 Å². The molecule has 3 nitrogen and oxygen atoms in total. The summed E-state index contributed by atoms with van der Waals surface area (Å²) in [7, 11) is 0.